The minimum absolute atomic E-state index is 0.388. The van der Waals surface area contributed by atoms with E-state index in [4.69, 9.17) is 11.5 Å². The molecule has 0 spiro atoms. The van der Waals surface area contributed by atoms with Gasteiger partial charge >= 0.3 is 0 Å². The van der Waals surface area contributed by atoms with E-state index >= 15 is 0 Å². The molecule has 4 heterocycles. The molecule has 1 unspecified atom stereocenters. The Morgan fingerprint density at radius 2 is 2.04 bits per heavy atom. The number of rotatable bonds is 3. The number of likely N-dealkylation sites (N-methyl/N-ethyl adjacent to an activating group) is 1. The van der Waals surface area contributed by atoms with Gasteiger partial charge in [-0.05, 0) is 12.1 Å². The molecule has 0 amide bonds. The van der Waals surface area contributed by atoms with E-state index in [2.05, 4.69) is 38.9 Å². The number of hydrogen-bond acceptors (Lipinski definition) is 6. The number of quaternary nitrogens is 1. The van der Waals surface area contributed by atoms with Gasteiger partial charge in [0.1, 0.15) is 23.8 Å². The molecule has 3 aromatic heterocycles. The lowest BCUT2D eigenvalue weighted by Gasteiger charge is -2.34. The highest BCUT2D eigenvalue weighted by molar-refractivity contribution is 5.87. The molecule has 1 atom stereocenters. The Bertz CT molecular complexity index is 916. The molecule has 8 heteroatoms. The number of nitrogens with zero attached hydrogens (tertiary/aromatic N) is 5. The second-order valence-corrected chi connectivity index (χ2v) is 7.01. The van der Waals surface area contributed by atoms with Gasteiger partial charge in [-0.2, -0.15) is 4.98 Å². The monoisotopic (exact) mass is 339 g/mol. The summed E-state index contributed by atoms with van der Waals surface area (Å²) in [5.41, 5.74) is 13.1. The highest BCUT2D eigenvalue weighted by Crippen LogP contribution is 2.31. The summed E-state index contributed by atoms with van der Waals surface area (Å²) in [7, 11) is 4.33. The molecule has 4 rings (SSSR count). The Balaban J connectivity index is 1.61. The number of nitrogens with one attached hydrogen (secondary N) is 1. The molecule has 0 saturated carbocycles. The maximum Gasteiger partial charge on any atom is 0.229 e. The first-order chi connectivity index (χ1) is 12.0. The van der Waals surface area contributed by atoms with Crippen LogP contribution in [0.2, 0.25) is 0 Å². The van der Waals surface area contributed by atoms with Crippen LogP contribution < -0.4 is 20.9 Å². The molecule has 130 valence electrons. The van der Waals surface area contributed by atoms with Gasteiger partial charge in [-0.3, -0.25) is 4.48 Å². The fraction of sp³-hybridized carbons (Fsp3) is 0.353. The number of fused-ring (bicyclic) bond motifs is 1. The van der Waals surface area contributed by atoms with Crippen LogP contribution in [0, 0.1) is 0 Å². The van der Waals surface area contributed by atoms with Crippen LogP contribution in [0.15, 0.2) is 30.7 Å². The van der Waals surface area contributed by atoms with Crippen molar-refractivity contribution in [1.82, 2.24) is 24.4 Å². The molecule has 3 aromatic rings. The van der Waals surface area contributed by atoms with E-state index in [-0.39, 0.29) is 0 Å². The number of aromatic nitrogens is 4. The second-order valence-electron chi connectivity index (χ2n) is 7.01. The normalized spacial score (nSPS) is 18.2. The summed E-state index contributed by atoms with van der Waals surface area (Å²) in [6.45, 7) is 1.85. The van der Waals surface area contributed by atoms with Crippen LogP contribution in [-0.2, 0) is 0 Å². The fourth-order valence-electron chi connectivity index (χ4n) is 3.55. The molecule has 0 aliphatic carbocycles. The Morgan fingerprint density at radius 3 is 2.84 bits per heavy atom. The summed E-state index contributed by atoms with van der Waals surface area (Å²) in [6, 6.07) is 6.21. The molecule has 0 radical (unpaired) electrons. The topological polar surface area (TPSA) is 110 Å². The second kappa shape index (κ2) is 5.59. The molecule has 5 N–H and O–H groups in total. The lowest BCUT2D eigenvalue weighted by Crippen LogP contribution is -2.52. The van der Waals surface area contributed by atoms with Crippen molar-refractivity contribution in [2.45, 2.75) is 12.5 Å². The maximum atomic E-state index is 5.91. The summed E-state index contributed by atoms with van der Waals surface area (Å²) in [6.07, 6.45) is 4.57. The zero-order valence-electron chi connectivity index (χ0n) is 14.5. The van der Waals surface area contributed by atoms with E-state index < -0.39 is 0 Å². The third kappa shape index (κ3) is 2.54. The van der Waals surface area contributed by atoms with Crippen LogP contribution >= 0.6 is 0 Å². The Kier molecular flexibility index (Phi) is 3.50. The quantitative estimate of drug-likeness (QED) is 0.622. The van der Waals surface area contributed by atoms with E-state index in [1.165, 1.54) is 0 Å². The first-order valence-corrected chi connectivity index (χ1v) is 8.36. The standard InChI is InChI=1S/C17H23N8/c1-25(2,14-4-3-13(18)15(19)23-14)11-6-8-24(9-11)17-12-5-7-20-16(12)21-10-22-17/h3-5,7,10-11H,6,8-9,18H2,1-2H3,(H2,19,23)(H,20,21,22)/q+1. The number of nitrogens with two attached hydrogens (primary N) is 2. The largest absolute Gasteiger partial charge is 0.396 e. The highest BCUT2D eigenvalue weighted by atomic mass is 15.4. The summed E-state index contributed by atoms with van der Waals surface area (Å²) >= 11 is 0. The van der Waals surface area contributed by atoms with E-state index in [1.807, 2.05) is 24.4 Å². The zero-order chi connectivity index (χ0) is 17.6. The molecule has 0 aromatic carbocycles. The minimum atomic E-state index is 0.388. The molecule has 1 aliphatic rings. The Labute approximate surface area is 146 Å². The predicted octanol–water partition coefficient (Wildman–Crippen LogP) is 1.36. The van der Waals surface area contributed by atoms with Crippen LogP contribution in [-0.4, -0.2) is 53.2 Å². The van der Waals surface area contributed by atoms with E-state index in [1.54, 1.807) is 6.33 Å². The van der Waals surface area contributed by atoms with Crippen molar-refractivity contribution in [1.29, 1.82) is 0 Å². The highest BCUT2D eigenvalue weighted by Gasteiger charge is 2.38. The third-order valence-corrected chi connectivity index (χ3v) is 5.24. The van der Waals surface area contributed by atoms with Gasteiger partial charge in [-0.15, -0.1) is 0 Å². The molecule has 0 bridgehead atoms. The smallest absolute Gasteiger partial charge is 0.229 e. The summed E-state index contributed by atoms with van der Waals surface area (Å²) in [4.78, 5) is 18.8. The molecule has 1 saturated heterocycles. The number of H-pyrrole nitrogens is 1. The summed E-state index contributed by atoms with van der Waals surface area (Å²) in [5.74, 6) is 2.30. The number of hydrogen-bond donors (Lipinski definition) is 3. The van der Waals surface area contributed by atoms with E-state index in [0.29, 0.717) is 22.0 Å². The fourth-order valence-corrected chi connectivity index (χ4v) is 3.55. The van der Waals surface area contributed by atoms with Crippen molar-refractivity contribution in [2.24, 2.45) is 0 Å². The van der Waals surface area contributed by atoms with Gasteiger partial charge in [0.05, 0.1) is 31.7 Å². The molecule has 1 aliphatic heterocycles. The summed E-state index contributed by atoms with van der Waals surface area (Å²) < 4.78 is 0.655. The molecule has 8 nitrogen and oxygen atoms in total. The SMILES string of the molecule is C[N+](C)(c1ccc(N)c(N)n1)C1CCN(c2ncnc3[nH]ccc23)C1. The molecule has 25 heavy (non-hydrogen) atoms. The molecular formula is C17H23N8+. The van der Waals surface area contributed by atoms with Gasteiger partial charge in [0, 0.05) is 25.2 Å². The first-order valence-electron chi connectivity index (χ1n) is 8.36. The lowest BCUT2D eigenvalue weighted by molar-refractivity contribution is 0.304. The van der Waals surface area contributed by atoms with Crippen molar-refractivity contribution in [2.75, 3.05) is 43.6 Å². The van der Waals surface area contributed by atoms with Crippen molar-refractivity contribution in [3.63, 3.8) is 0 Å². The average Bonchev–Trinajstić information content (AvgIpc) is 3.26. The number of aromatic amines is 1. The van der Waals surface area contributed by atoms with Crippen LogP contribution in [0.1, 0.15) is 6.42 Å². The van der Waals surface area contributed by atoms with Gasteiger partial charge in [0.15, 0.2) is 5.82 Å². The lowest BCUT2D eigenvalue weighted by atomic mass is 10.2. The van der Waals surface area contributed by atoms with E-state index in [0.717, 1.165) is 42.2 Å². The number of anilines is 3. The summed E-state index contributed by atoms with van der Waals surface area (Å²) in [5, 5.41) is 1.06. The van der Waals surface area contributed by atoms with E-state index in [9.17, 15) is 0 Å². The molecule has 1 fully saturated rings. The zero-order valence-corrected chi connectivity index (χ0v) is 14.5. The Hall–Kier alpha value is -2.87. The van der Waals surface area contributed by atoms with Crippen molar-refractivity contribution >= 4 is 34.2 Å². The van der Waals surface area contributed by atoms with Crippen LogP contribution in [0.3, 0.4) is 0 Å². The van der Waals surface area contributed by atoms with Gasteiger partial charge in [-0.25, -0.2) is 9.97 Å². The van der Waals surface area contributed by atoms with Gasteiger partial charge < -0.3 is 21.4 Å². The first kappa shape index (κ1) is 15.6. The number of pyridine rings is 1. The third-order valence-electron chi connectivity index (χ3n) is 5.24. The predicted molar refractivity (Wildman–Crippen MR) is 101 cm³/mol. The van der Waals surface area contributed by atoms with Gasteiger partial charge in [0.25, 0.3) is 0 Å². The Morgan fingerprint density at radius 1 is 1.20 bits per heavy atom. The van der Waals surface area contributed by atoms with Crippen LogP contribution in [0.5, 0.6) is 0 Å². The molecular weight excluding hydrogens is 316 g/mol. The van der Waals surface area contributed by atoms with Gasteiger partial charge in [0.2, 0.25) is 5.82 Å². The van der Waals surface area contributed by atoms with Gasteiger partial charge in [-0.1, -0.05) is 0 Å². The van der Waals surface area contributed by atoms with Crippen molar-refractivity contribution in [3.8, 4) is 0 Å². The maximum absolute atomic E-state index is 5.91. The minimum Gasteiger partial charge on any atom is -0.396 e. The van der Waals surface area contributed by atoms with Crippen molar-refractivity contribution < 1.29 is 0 Å². The van der Waals surface area contributed by atoms with Crippen LogP contribution in [0.25, 0.3) is 11.0 Å². The van der Waals surface area contributed by atoms with Crippen LogP contribution in [0.4, 0.5) is 23.1 Å². The number of nitrogen functional groups attached to an aromatic ring is 2. The van der Waals surface area contributed by atoms with Crippen molar-refractivity contribution in [3.05, 3.63) is 30.7 Å². The average molecular weight is 339 g/mol.